The maximum atomic E-state index is 13.3. The van der Waals surface area contributed by atoms with Crippen LogP contribution in [0.5, 0.6) is 0 Å². The fraction of sp³-hybridized carbons (Fsp3) is 0.429. The third-order valence-electron chi connectivity index (χ3n) is 3.43. The van der Waals surface area contributed by atoms with Gasteiger partial charge < -0.3 is 15.1 Å². The minimum Gasteiger partial charge on any atom is -0.339 e. The molecule has 0 bridgehead atoms. The summed E-state index contributed by atoms with van der Waals surface area (Å²) in [5.41, 5.74) is -0.0190. The molecular formula is C14H16BrF2N3O2. The lowest BCUT2D eigenvalue weighted by Gasteiger charge is -2.29. The summed E-state index contributed by atoms with van der Waals surface area (Å²) in [5.74, 6) is -2.86. The summed E-state index contributed by atoms with van der Waals surface area (Å²) in [6, 6.07) is 1.72. The SMILES string of the molecule is CN(CC(=O)N1CCNCC1)C(=O)c1cc(F)c(F)cc1Br. The summed E-state index contributed by atoms with van der Waals surface area (Å²) in [4.78, 5) is 27.2. The van der Waals surface area contributed by atoms with Crippen molar-refractivity contribution >= 4 is 27.7 Å². The first-order valence-corrected chi connectivity index (χ1v) is 7.58. The lowest BCUT2D eigenvalue weighted by Crippen LogP contribution is -2.49. The zero-order valence-electron chi connectivity index (χ0n) is 12.0. The number of rotatable bonds is 3. The van der Waals surface area contributed by atoms with Crippen LogP contribution in [0.25, 0.3) is 0 Å². The average Bonchev–Trinajstić information content (AvgIpc) is 2.51. The minimum atomic E-state index is -1.10. The van der Waals surface area contributed by atoms with Crippen molar-refractivity contribution in [2.45, 2.75) is 0 Å². The Morgan fingerprint density at radius 3 is 2.50 bits per heavy atom. The molecule has 5 nitrogen and oxygen atoms in total. The van der Waals surface area contributed by atoms with E-state index in [2.05, 4.69) is 21.2 Å². The van der Waals surface area contributed by atoms with Crippen molar-refractivity contribution in [1.82, 2.24) is 15.1 Å². The minimum absolute atomic E-state index is 0.0190. The highest BCUT2D eigenvalue weighted by molar-refractivity contribution is 9.10. The van der Waals surface area contributed by atoms with Crippen LogP contribution < -0.4 is 5.32 Å². The lowest BCUT2D eigenvalue weighted by atomic mass is 10.2. The Hall–Kier alpha value is -1.54. The number of carbonyl (C=O) groups is 2. The van der Waals surface area contributed by atoms with Gasteiger partial charge in [0.2, 0.25) is 5.91 Å². The van der Waals surface area contributed by atoms with Crippen molar-refractivity contribution in [2.24, 2.45) is 0 Å². The third-order valence-corrected chi connectivity index (χ3v) is 4.09. The molecule has 1 aromatic rings. The number of hydrogen-bond donors (Lipinski definition) is 1. The van der Waals surface area contributed by atoms with E-state index in [0.29, 0.717) is 13.1 Å². The number of hydrogen-bond acceptors (Lipinski definition) is 3. The molecule has 0 spiro atoms. The summed E-state index contributed by atoms with van der Waals surface area (Å²) in [6.45, 7) is 2.52. The second kappa shape index (κ2) is 7.15. The molecule has 120 valence electrons. The molecule has 2 amide bonds. The largest absolute Gasteiger partial charge is 0.339 e. The van der Waals surface area contributed by atoms with Crippen molar-refractivity contribution < 1.29 is 18.4 Å². The summed E-state index contributed by atoms with van der Waals surface area (Å²) < 4.78 is 26.5. The summed E-state index contributed by atoms with van der Waals surface area (Å²) in [7, 11) is 1.45. The molecule has 22 heavy (non-hydrogen) atoms. The average molecular weight is 376 g/mol. The molecule has 0 atom stereocenters. The first-order chi connectivity index (χ1) is 10.4. The predicted molar refractivity (Wildman–Crippen MR) is 80.5 cm³/mol. The standard InChI is InChI=1S/C14H16BrF2N3O2/c1-19(8-13(21)20-4-2-18-3-5-20)14(22)9-6-11(16)12(17)7-10(9)15/h6-7,18H,2-5,8H2,1H3. The van der Waals surface area contributed by atoms with E-state index >= 15 is 0 Å². The first kappa shape index (κ1) is 16.8. The Morgan fingerprint density at radius 1 is 1.27 bits per heavy atom. The van der Waals surface area contributed by atoms with E-state index < -0.39 is 17.5 Å². The molecule has 1 aliphatic heterocycles. The molecule has 1 aromatic carbocycles. The van der Waals surface area contributed by atoms with E-state index in [4.69, 9.17) is 0 Å². The van der Waals surface area contributed by atoms with Crippen LogP contribution in [-0.2, 0) is 4.79 Å². The highest BCUT2D eigenvalue weighted by Crippen LogP contribution is 2.21. The number of likely N-dealkylation sites (N-methyl/N-ethyl adjacent to an activating group) is 1. The zero-order valence-corrected chi connectivity index (χ0v) is 13.6. The van der Waals surface area contributed by atoms with Crippen LogP contribution in [0.3, 0.4) is 0 Å². The molecule has 8 heteroatoms. The molecule has 0 radical (unpaired) electrons. The van der Waals surface area contributed by atoms with Crippen LogP contribution in [0.2, 0.25) is 0 Å². The third kappa shape index (κ3) is 3.80. The molecule has 1 fully saturated rings. The van der Waals surface area contributed by atoms with Crippen molar-refractivity contribution in [3.8, 4) is 0 Å². The van der Waals surface area contributed by atoms with Crippen molar-refractivity contribution in [2.75, 3.05) is 39.8 Å². The number of nitrogens with one attached hydrogen (secondary N) is 1. The molecule has 1 saturated heterocycles. The molecule has 0 aromatic heterocycles. The van der Waals surface area contributed by atoms with Crippen LogP contribution >= 0.6 is 15.9 Å². The fourth-order valence-electron chi connectivity index (χ4n) is 2.18. The number of halogens is 3. The quantitative estimate of drug-likeness (QED) is 0.808. The Bertz CT molecular complexity index is 592. The highest BCUT2D eigenvalue weighted by Gasteiger charge is 2.23. The molecular weight excluding hydrogens is 360 g/mol. The van der Waals surface area contributed by atoms with Crippen LogP contribution in [0.1, 0.15) is 10.4 Å². The van der Waals surface area contributed by atoms with E-state index in [1.54, 1.807) is 4.90 Å². The Morgan fingerprint density at radius 2 is 1.86 bits per heavy atom. The van der Waals surface area contributed by atoms with Gasteiger partial charge in [-0.1, -0.05) is 0 Å². The molecule has 0 aliphatic carbocycles. The smallest absolute Gasteiger partial charge is 0.255 e. The second-order valence-electron chi connectivity index (χ2n) is 5.04. The summed E-state index contributed by atoms with van der Waals surface area (Å²) in [6.07, 6.45) is 0. The van der Waals surface area contributed by atoms with Gasteiger partial charge in [-0.2, -0.15) is 0 Å². The molecule has 1 aliphatic rings. The molecule has 1 N–H and O–H groups in total. The zero-order chi connectivity index (χ0) is 16.3. The second-order valence-corrected chi connectivity index (χ2v) is 5.89. The number of benzene rings is 1. The van der Waals surface area contributed by atoms with Gasteiger partial charge in [0.25, 0.3) is 5.91 Å². The van der Waals surface area contributed by atoms with Gasteiger partial charge in [-0.25, -0.2) is 8.78 Å². The van der Waals surface area contributed by atoms with Gasteiger partial charge in [0, 0.05) is 37.7 Å². The van der Waals surface area contributed by atoms with Crippen molar-refractivity contribution in [1.29, 1.82) is 0 Å². The number of piperazine rings is 1. The lowest BCUT2D eigenvalue weighted by molar-refractivity contribution is -0.132. The predicted octanol–water partition coefficient (Wildman–Crippen LogP) is 1.23. The number of amides is 2. The van der Waals surface area contributed by atoms with Crippen molar-refractivity contribution in [3.63, 3.8) is 0 Å². The van der Waals surface area contributed by atoms with Gasteiger partial charge in [-0.3, -0.25) is 9.59 Å². The monoisotopic (exact) mass is 375 g/mol. The van der Waals surface area contributed by atoms with Crippen LogP contribution in [0, 0.1) is 11.6 Å². The topological polar surface area (TPSA) is 52.7 Å². The van der Waals surface area contributed by atoms with E-state index in [-0.39, 0.29) is 22.5 Å². The maximum Gasteiger partial charge on any atom is 0.255 e. The Labute approximate surface area is 135 Å². The van der Waals surface area contributed by atoms with Crippen molar-refractivity contribution in [3.05, 3.63) is 33.8 Å². The fourth-order valence-corrected chi connectivity index (χ4v) is 2.67. The van der Waals surface area contributed by atoms with E-state index in [1.807, 2.05) is 0 Å². The van der Waals surface area contributed by atoms with Crippen LogP contribution in [0.15, 0.2) is 16.6 Å². The Balaban J connectivity index is 2.05. The first-order valence-electron chi connectivity index (χ1n) is 6.78. The number of carbonyl (C=O) groups excluding carboxylic acids is 2. The van der Waals surface area contributed by atoms with E-state index in [1.165, 1.54) is 11.9 Å². The summed E-state index contributed by atoms with van der Waals surface area (Å²) >= 11 is 3.04. The van der Waals surface area contributed by atoms with Gasteiger partial charge in [0.15, 0.2) is 11.6 Å². The van der Waals surface area contributed by atoms with Crippen LogP contribution in [0.4, 0.5) is 8.78 Å². The molecule has 0 unspecified atom stereocenters. The highest BCUT2D eigenvalue weighted by atomic mass is 79.9. The van der Waals surface area contributed by atoms with Gasteiger partial charge >= 0.3 is 0 Å². The van der Waals surface area contributed by atoms with Gasteiger partial charge in [-0.15, -0.1) is 0 Å². The summed E-state index contributed by atoms with van der Waals surface area (Å²) in [5, 5.41) is 3.13. The van der Waals surface area contributed by atoms with E-state index in [0.717, 1.165) is 25.2 Å². The van der Waals surface area contributed by atoms with Gasteiger partial charge in [0.05, 0.1) is 12.1 Å². The molecule has 0 saturated carbocycles. The molecule has 2 rings (SSSR count). The number of nitrogens with zero attached hydrogens (tertiary/aromatic N) is 2. The Kier molecular flexibility index (Phi) is 5.47. The normalized spacial score (nSPS) is 14.8. The van der Waals surface area contributed by atoms with E-state index in [9.17, 15) is 18.4 Å². The van der Waals surface area contributed by atoms with Gasteiger partial charge in [0.1, 0.15) is 0 Å². The van der Waals surface area contributed by atoms with Gasteiger partial charge in [-0.05, 0) is 28.1 Å². The maximum absolute atomic E-state index is 13.3. The molecule has 1 heterocycles. The van der Waals surface area contributed by atoms with Crippen LogP contribution in [-0.4, -0.2) is 61.4 Å².